The van der Waals surface area contributed by atoms with Crippen LogP contribution in [0.15, 0.2) is 15.9 Å². The molecule has 0 amide bonds. The van der Waals surface area contributed by atoms with Crippen molar-refractivity contribution < 1.29 is 8.42 Å². The van der Waals surface area contributed by atoms with E-state index in [0.29, 0.717) is 19.0 Å². The quantitative estimate of drug-likeness (QED) is 0.658. The Balaban J connectivity index is 1.59. The van der Waals surface area contributed by atoms with Crippen LogP contribution in [-0.2, 0) is 16.4 Å². The predicted octanol–water partition coefficient (Wildman–Crippen LogP) is 2.11. The molecule has 0 spiro atoms. The SMILES string of the molecule is O=S(=O)(CCCNC1CC1)NCCc1ccc(Br)s1. The summed E-state index contributed by atoms with van der Waals surface area (Å²) in [6.07, 6.45) is 3.90. The normalized spacial score (nSPS) is 15.8. The summed E-state index contributed by atoms with van der Waals surface area (Å²) in [7, 11) is -3.12. The van der Waals surface area contributed by atoms with Gasteiger partial charge in [-0.25, -0.2) is 13.1 Å². The summed E-state index contributed by atoms with van der Waals surface area (Å²) >= 11 is 5.04. The van der Waals surface area contributed by atoms with Gasteiger partial charge >= 0.3 is 0 Å². The molecule has 0 unspecified atom stereocenters. The van der Waals surface area contributed by atoms with Crippen LogP contribution in [0.4, 0.5) is 0 Å². The summed E-state index contributed by atoms with van der Waals surface area (Å²) in [5.74, 6) is 0.209. The maximum Gasteiger partial charge on any atom is 0.211 e. The van der Waals surface area contributed by atoms with E-state index in [-0.39, 0.29) is 5.75 Å². The van der Waals surface area contributed by atoms with Crippen molar-refractivity contribution in [3.63, 3.8) is 0 Å². The smallest absolute Gasteiger partial charge is 0.211 e. The summed E-state index contributed by atoms with van der Waals surface area (Å²) in [6, 6.07) is 4.65. The topological polar surface area (TPSA) is 58.2 Å². The molecule has 1 aromatic heterocycles. The molecule has 0 bridgehead atoms. The van der Waals surface area contributed by atoms with Gasteiger partial charge in [-0.2, -0.15) is 0 Å². The third kappa shape index (κ3) is 6.35. The number of thiophene rings is 1. The fraction of sp³-hybridized carbons (Fsp3) is 0.667. The highest BCUT2D eigenvalue weighted by molar-refractivity contribution is 9.11. The van der Waals surface area contributed by atoms with Gasteiger partial charge < -0.3 is 5.32 Å². The lowest BCUT2D eigenvalue weighted by Crippen LogP contribution is -2.30. The van der Waals surface area contributed by atoms with Gasteiger partial charge in [-0.1, -0.05) is 0 Å². The van der Waals surface area contributed by atoms with Crippen LogP contribution in [0.5, 0.6) is 0 Å². The Morgan fingerprint density at radius 1 is 1.32 bits per heavy atom. The molecule has 0 saturated heterocycles. The summed E-state index contributed by atoms with van der Waals surface area (Å²) < 4.78 is 27.2. The predicted molar refractivity (Wildman–Crippen MR) is 83.2 cm³/mol. The first-order valence-corrected chi connectivity index (χ1v) is 9.76. The Kier molecular flexibility index (Phi) is 5.83. The van der Waals surface area contributed by atoms with Crippen LogP contribution in [0.3, 0.4) is 0 Å². The van der Waals surface area contributed by atoms with Crippen molar-refractivity contribution in [1.82, 2.24) is 10.0 Å². The number of sulfonamides is 1. The van der Waals surface area contributed by atoms with E-state index in [1.54, 1.807) is 11.3 Å². The molecule has 0 aromatic carbocycles. The number of rotatable bonds is 9. The zero-order valence-corrected chi connectivity index (χ0v) is 13.9. The molecular weight excluding hydrogens is 348 g/mol. The van der Waals surface area contributed by atoms with Gasteiger partial charge in [0.2, 0.25) is 10.0 Å². The second kappa shape index (κ2) is 7.17. The highest BCUT2D eigenvalue weighted by Gasteiger charge is 2.20. The second-order valence-corrected chi connectivity index (χ2v) is 9.22. The summed E-state index contributed by atoms with van der Waals surface area (Å²) in [6.45, 7) is 1.27. The van der Waals surface area contributed by atoms with E-state index < -0.39 is 10.0 Å². The zero-order chi connectivity index (χ0) is 13.7. The molecule has 1 fully saturated rings. The van der Waals surface area contributed by atoms with E-state index in [1.165, 1.54) is 17.7 Å². The fourth-order valence-electron chi connectivity index (χ4n) is 1.74. The van der Waals surface area contributed by atoms with Gasteiger partial charge in [0.05, 0.1) is 9.54 Å². The molecule has 1 aromatic rings. The average molecular weight is 367 g/mol. The summed E-state index contributed by atoms with van der Waals surface area (Å²) in [5.41, 5.74) is 0. The Labute approximate surface area is 127 Å². The van der Waals surface area contributed by atoms with Crippen LogP contribution in [0.2, 0.25) is 0 Å². The third-order valence-corrected chi connectivity index (χ3v) is 6.08. The van der Waals surface area contributed by atoms with Gasteiger partial charge in [-0.15, -0.1) is 11.3 Å². The molecule has 7 heteroatoms. The summed E-state index contributed by atoms with van der Waals surface area (Å²) in [4.78, 5) is 1.19. The molecule has 2 N–H and O–H groups in total. The molecule has 1 aliphatic rings. The monoisotopic (exact) mass is 366 g/mol. The molecule has 2 rings (SSSR count). The Morgan fingerprint density at radius 3 is 2.74 bits per heavy atom. The maximum atomic E-state index is 11.7. The molecule has 0 aliphatic heterocycles. The van der Waals surface area contributed by atoms with Gasteiger partial charge in [0, 0.05) is 17.5 Å². The van der Waals surface area contributed by atoms with E-state index in [0.717, 1.165) is 16.8 Å². The van der Waals surface area contributed by atoms with Crippen molar-refractivity contribution >= 4 is 37.3 Å². The molecule has 0 radical (unpaired) electrons. The van der Waals surface area contributed by atoms with E-state index in [4.69, 9.17) is 0 Å². The molecule has 19 heavy (non-hydrogen) atoms. The fourth-order valence-corrected chi connectivity index (χ4v) is 4.31. The molecule has 4 nitrogen and oxygen atoms in total. The van der Waals surface area contributed by atoms with Crippen molar-refractivity contribution in [3.05, 3.63) is 20.8 Å². The van der Waals surface area contributed by atoms with Crippen LogP contribution in [0.1, 0.15) is 24.1 Å². The van der Waals surface area contributed by atoms with Gasteiger partial charge in [0.25, 0.3) is 0 Å². The average Bonchev–Trinajstić information content (AvgIpc) is 3.08. The van der Waals surface area contributed by atoms with Gasteiger partial charge in [-0.05, 0) is 60.3 Å². The number of hydrogen-bond donors (Lipinski definition) is 2. The first kappa shape index (κ1) is 15.4. The van der Waals surface area contributed by atoms with Crippen LogP contribution < -0.4 is 10.0 Å². The standard InChI is InChI=1S/C12H19BrN2O2S2/c13-12-5-4-11(18-12)6-8-15-19(16,17)9-1-7-14-10-2-3-10/h4-5,10,14-15H,1-3,6-9H2. The first-order chi connectivity index (χ1) is 9.05. The van der Waals surface area contributed by atoms with E-state index in [1.807, 2.05) is 12.1 Å². The lowest BCUT2D eigenvalue weighted by molar-refractivity contribution is 0.575. The second-order valence-electron chi connectivity index (χ2n) is 4.75. The minimum atomic E-state index is -3.12. The minimum Gasteiger partial charge on any atom is -0.314 e. The van der Waals surface area contributed by atoms with Crippen molar-refractivity contribution in [1.29, 1.82) is 0 Å². The molecular formula is C12H19BrN2O2S2. The van der Waals surface area contributed by atoms with Gasteiger partial charge in [0.1, 0.15) is 0 Å². The minimum absolute atomic E-state index is 0.209. The number of hydrogen-bond acceptors (Lipinski definition) is 4. The van der Waals surface area contributed by atoms with Crippen molar-refractivity contribution in [3.8, 4) is 0 Å². The number of nitrogens with one attached hydrogen (secondary N) is 2. The molecule has 0 atom stereocenters. The van der Waals surface area contributed by atoms with Crippen molar-refractivity contribution in [2.75, 3.05) is 18.8 Å². The largest absolute Gasteiger partial charge is 0.314 e. The molecule has 1 saturated carbocycles. The summed E-state index contributed by atoms with van der Waals surface area (Å²) in [5, 5.41) is 3.32. The van der Waals surface area contributed by atoms with E-state index in [9.17, 15) is 8.42 Å². The van der Waals surface area contributed by atoms with Crippen molar-refractivity contribution in [2.45, 2.75) is 31.7 Å². The van der Waals surface area contributed by atoms with Crippen LogP contribution in [0.25, 0.3) is 0 Å². The van der Waals surface area contributed by atoms with E-state index >= 15 is 0 Å². The maximum absolute atomic E-state index is 11.7. The molecule has 108 valence electrons. The number of halogens is 1. The zero-order valence-electron chi connectivity index (χ0n) is 10.7. The Hall–Kier alpha value is 0.0500. The molecule has 1 aliphatic carbocycles. The lowest BCUT2D eigenvalue weighted by atomic mass is 10.3. The Bertz CT molecular complexity index is 498. The van der Waals surface area contributed by atoms with Crippen LogP contribution in [0, 0.1) is 0 Å². The van der Waals surface area contributed by atoms with Crippen LogP contribution in [-0.4, -0.2) is 33.3 Å². The Morgan fingerprint density at radius 2 is 2.11 bits per heavy atom. The van der Waals surface area contributed by atoms with E-state index in [2.05, 4.69) is 26.0 Å². The van der Waals surface area contributed by atoms with Gasteiger partial charge in [0.15, 0.2) is 0 Å². The highest BCUT2D eigenvalue weighted by atomic mass is 79.9. The van der Waals surface area contributed by atoms with Crippen molar-refractivity contribution in [2.24, 2.45) is 0 Å². The lowest BCUT2D eigenvalue weighted by Gasteiger charge is -2.06. The highest BCUT2D eigenvalue weighted by Crippen LogP contribution is 2.22. The van der Waals surface area contributed by atoms with Crippen LogP contribution >= 0.6 is 27.3 Å². The molecule has 1 heterocycles. The van der Waals surface area contributed by atoms with Gasteiger partial charge in [-0.3, -0.25) is 0 Å². The first-order valence-electron chi connectivity index (χ1n) is 6.50. The third-order valence-electron chi connectivity index (χ3n) is 2.92.